The van der Waals surface area contributed by atoms with Gasteiger partial charge < -0.3 is 5.32 Å². The van der Waals surface area contributed by atoms with Gasteiger partial charge in [-0.25, -0.2) is 13.4 Å². The highest BCUT2D eigenvalue weighted by molar-refractivity contribution is 7.91. The molecule has 0 radical (unpaired) electrons. The van der Waals surface area contributed by atoms with Crippen molar-refractivity contribution in [3.05, 3.63) is 84.6 Å². The van der Waals surface area contributed by atoms with Crippen molar-refractivity contribution in [1.82, 2.24) is 4.98 Å². The molecule has 5 nitrogen and oxygen atoms in total. The summed E-state index contributed by atoms with van der Waals surface area (Å²) in [5.74, 6) is -0.408. The summed E-state index contributed by atoms with van der Waals surface area (Å²) in [6.45, 7) is 0. The van der Waals surface area contributed by atoms with E-state index in [1.54, 1.807) is 48.5 Å². The Kier molecular flexibility index (Phi) is 4.39. The number of amides is 1. The monoisotopic (exact) mass is 338 g/mol. The number of rotatable bonds is 4. The van der Waals surface area contributed by atoms with Gasteiger partial charge in [-0.15, -0.1) is 0 Å². The Balaban J connectivity index is 1.99. The first kappa shape index (κ1) is 15.9. The molecular formula is C18H14N2O3S. The van der Waals surface area contributed by atoms with E-state index in [1.165, 1.54) is 30.5 Å². The fourth-order valence-corrected chi connectivity index (χ4v) is 3.58. The summed E-state index contributed by atoms with van der Waals surface area (Å²) in [5.41, 5.74) is 0.422. The first-order chi connectivity index (χ1) is 11.6. The molecule has 0 spiro atoms. The number of hydrogen-bond donors (Lipinski definition) is 1. The standard InChI is InChI=1S/C18H14N2O3S/c21-18(14-8-3-1-4-9-14)20-17-16(12-7-13-19-17)24(22,23)15-10-5-2-6-11-15/h1-13H,(H,19,20,21). The third-order valence-electron chi connectivity index (χ3n) is 3.38. The van der Waals surface area contributed by atoms with Gasteiger partial charge >= 0.3 is 0 Å². The van der Waals surface area contributed by atoms with Crippen molar-refractivity contribution in [2.75, 3.05) is 5.32 Å². The summed E-state index contributed by atoms with van der Waals surface area (Å²) in [6.07, 6.45) is 1.44. The van der Waals surface area contributed by atoms with Crippen molar-refractivity contribution in [2.45, 2.75) is 9.79 Å². The van der Waals surface area contributed by atoms with Crippen LogP contribution >= 0.6 is 0 Å². The largest absolute Gasteiger partial charge is 0.305 e. The highest BCUT2D eigenvalue weighted by Crippen LogP contribution is 2.26. The van der Waals surface area contributed by atoms with E-state index in [-0.39, 0.29) is 15.6 Å². The van der Waals surface area contributed by atoms with Gasteiger partial charge in [-0.3, -0.25) is 4.79 Å². The number of carbonyl (C=O) groups is 1. The van der Waals surface area contributed by atoms with E-state index >= 15 is 0 Å². The summed E-state index contributed by atoms with van der Waals surface area (Å²) in [5, 5.41) is 2.57. The maximum atomic E-state index is 12.8. The molecule has 3 aromatic rings. The zero-order valence-corrected chi connectivity index (χ0v) is 13.4. The average molecular weight is 338 g/mol. The van der Waals surface area contributed by atoms with Gasteiger partial charge in [0.1, 0.15) is 4.90 Å². The molecule has 0 aliphatic rings. The van der Waals surface area contributed by atoms with E-state index < -0.39 is 15.7 Å². The second-order valence-electron chi connectivity index (χ2n) is 4.99. The van der Waals surface area contributed by atoms with Crippen molar-refractivity contribution in [2.24, 2.45) is 0 Å². The number of nitrogens with zero attached hydrogens (tertiary/aromatic N) is 1. The van der Waals surface area contributed by atoms with Crippen LogP contribution in [-0.2, 0) is 9.84 Å². The number of anilines is 1. The van der Waals surface area contributed by atoms with Crippen LogP contribution in [0.5, 0.6) is 0 Å². The summed E-state index contributed by atoms with van der Waals surface area (Å²) >= 11 is 0. The Hall–Kier alpha value is -2.99. The van der Waals surface area contributed by atoms with Gasteiger partial charge in [0.15, 0.2) is 5.82 Å². The van der Waals surface area contributed by atoms with Gasteiger partial charge in [-0.05, 0) is 36.4 Å². The minimum Gasteiger partial charge on any atom is -0.305 e. The molecule has 24 heavy (non-hydrogen) atoms. The van der Waals surface area contributed by atoms with Gasteiger partial charge in [0.25, 0.3) is 5.91 Å². The summed E-state index contributed by atoms with van der Waals surface area (Å²) in [7, 11) is -3.77. The number of carbonyl (C=O) groups excluding carboxylic acids is 1. The van der Waals surface area contributed by atoms with Crippen molar-refractivity contribution in [3.63, 3.8) is 0 Å². The van der Waals surface area contributed by atoms with Crippen LogP contribution < -0.4 is 5.32 Å². The molecule has 2 aromatic carbocycles. The van der Waals surface area contributed by atoms with Crippen LogP contribution in [0.4, 0.5) is 5.82 Å². The van der Waals surface area contributed by atoms with Gasteiger partial charge in [0.05, 0.1) is 4.90 Å². The van der Waals surface area contributed by atoms with Gasteiger partial charge in [-0.2, -0.15) is 0 Å². The first-order valence-electron chi connectivity index (χ1n) is 7.20. The van der Waals surface area contributed by atoms with Crippen molar-refractivity contribution < 1.29 is 13.2 Å². The van der Waals surface area contributed by atoms with Gasteiger partial charge in [0.2, 0.25) is 9.84 Å². The van der Waals surface area contributed by atoms with E-state index in [0.29, 0.717) is 5.56 Å². The first-order valence-corrected chi connectivity index (χ1v) is 8.69. The third kappa shape index (κ3) is 3.18. The Morgan fingerprint density at radius 2 is 1.46 bits per heavy atom. The van der Waals surface area contributed by atoms with Gasteiger partial charge in [0, 0.05) is 11.8 Å². The molecule has 0 unspecified atom stereocenters. The summed E-state index contributed by atoms with van der Waals surface area (Å²) in [4.78, 5) is 16.4. The van der Waals surface area contributed by atoms with Gasteiger partial charge in [-0.1, -0.05) is 36.4 Å². The van der Waals surface area contributed by atoms with Crippen molar-refractivity contribution in [3.8, 4) is 0 Å². The molecule has 3 rings (SSSR count). The molecule has 1 heterocycles. The second-order valence-corrected chi connectivity index (χ2v) is 6.90. The molecule has 0 atom stereocenters. The lowest BCUT2D eigenvalue weighted by molar-refractivity contribution is 0.102. The molecule has 120 valence electrons. The minimum atomic E-state index is -3.77. The number of nitrogens with one attached hydrogen (secondary N) is 1. The third-order valence-corrected chi connectivity index (χ3v) is 5.18. The molecule has 0 saturated heterocycles. The molecule has 0 saturated carbocycles. The Morgan fingerprint density at radius 3 is 2.12 bits per heavy atom. The number of sulfone groups is 1. The lowest BCUT2D eigenvalue weighted by Gasteiger charge is -2.10. The molecule has 1 N–H and O–H groups in total. The number of benzene rings is 2. The maximum absolute atomic E-state index is 12.8. The quantitative estimate of drug-likeness (QED) is 0.793. The van der Waals surface area contributed by atoms with E-state index in [1.807, 2.05) is 0 Å². The fourth-order valence-electron chi connectivity index (χ4n) is 2.20. The summed E-state index contributed by atoms with van der Waals surface area (Å²) in [6, 6.07) is 19.5. The zero-order valence-electron chi connectivity index (χ0n) is 12.6. The van der Waals surface area contributed by atoms with E-state index in [0.717, 1.165) is 0 Å². The number of aromatic nitrogens is 1. The average Bonchev–Trinajstić information content (AvgIpc) is 2.63. The van der Waals surface area contributed by atoms with Crippen LogP contribution in [-0.4, -0.2) is 19.3 Å². The second kappa shape index (κ2) is 6.64. The predicted molar refractivity (Wildman–Crippen MR) is 90.5 cm³/mol. The van der Waals surface area contributed by atoms with Crippen LogP contribution in [0.2, 0.25) is 0 Å². The molecular weight excluding hydrogens is 324 g/mol. The van der Waals surface area contributed by atoms with E-state index in [4.69, 9.17) is 0 Å². The topological polar surface area (TPSA) is 76.1 Å². The Labute approximate surface area is 139 Å². The van der Waals surface area contributed by atoms with Crippen LogP contribution in [0, 0.1) is 0 Å². The highest BCUT2D eigenvalue weighted by Gasteiger charge is 2.23. The normalized spacial score (nSPS) is 11.0. The summed E-state index contributed by atoms with van der Waals surface area (Å²) < 4.78 is 25.6. The molecule has 1 amide bonds. The Morgan fingerprint density at radius 1 is 0.833 bits per heavy atom. The van der Waals surface area contributed by atoms with E-state index in [9.17, 15) is 13.2 Å². The molecule has 0 aliphatic carbocycles. The SMILES string of the molecule is O=C(Nc1ncccc1S(=O)(=O)c1ccccc1)c1ccccc1. The zero-order chi connectivity index (χ0) is 17.0. The number of pyridine rings is 1. The smallest absolute Gasteiger partial charge is 0.256 e. The molecule has 0 fully saturated rings. The lowest BCUT2D eigenvalue weighted by Crippen LogP contribution is -2.16. The molecule has 0 aliphatic heterocycles. The predicted octanol–water partition coefficient (Wildman–Crippen LogP) is 3.17. The molecule has 6 heteroatoms. The van der Waals surface area contributed by atoms with Crippen molar-refractivity contribution in [1.29, 1.82) is 0 Å². The minimum absolute atomic E-state index is 0.00945. The lowest BCUT2D eigenvalue weighted by atomic mass is 10.2. The van der Waals surface area contributed by atoms with Crippen LogP contribution in [0.3, 0.4) is 0 Å². The van der Waals surface area contributed by atoms with Crippen molar-refractivity contribution >= 4 is 21.6 Å². The van der Waals surface area contributed by atoms with Crippen LogP contribution in [0.1, 0.15) is 10.4 Å². The number of hydrogen-bond acceptors (Lipinski definition) is 4. The Bertz CT molecular complexity index is 956. The maximum Gasteiger partial charge on any atom is 0.256 e. The van der Waals surface area contributed by atoms with Crippen LogP contribution in [0.15, 0.2) is 88.8 Å². The fraction of sp³-hybridized carbons (Fsp3) is 0. The van der Waals surface area contributed by atoms with E-state index in [2.05, 4.69) is 10.3 Å². The highest BCUT2D eigenvalue weighted by atomic mass is 32.2. The van der Waals surface area contributed by atoms with Crippen LogP contribution in [0.25, 0.3) is 0 Å². The molecule has 0 bridgehead atoms. The molecule has 1 aromatic heterocycles.